The van der Waals surface area contributed by atoms with Crippen LogP contribution in [0.15, 0.2) is 104 Å². The molecule has 2 saturated heterocycles. The Morgan fingerprint density at radius 1 is 1.02 bits per heavy atom. The summed E-state index contributed by atoms with van der Waals surface area (Å²) >= 11 is 0. The third-order valence-electron chi connectivity index (χ3n) is 11.7. The second-order valence-electron chi connectivity index (χ2n) is 15.8. The summed E-state index contributed by atoms with van der Waals surface area (Å²) in [6, 6.07) is 14.4. The van der Waals surface area contributed by atoms with Crippen LogP contribution in [0.5, 0.6) is 0 Å². The first-order chi connectivity index (χ1) is 27.2. The number of likely N-dealkylation sites (tertiary alicyclic amines) is 1. The largest absolute Gasteiger partial charge is 0.384 e. The van der Waals surface area contributed by atoms with E-state index in [4.69, 9.17) is 0 Å². The quantitative estimate of drug-likeness (QED) is 0.0447. The highest BCUT2D eigenvalue weighted by molar-refractivity contribution is 6.11. The van der Waals surface area contributed by atoms with Gasteiger partial charge in [-0.2, -0.15) is 0 Å². The van der Waals surface area contributed by atoms with Crippen molar-refractivity contribution >= 4 is 28.8 Å². The van der Waals surface area contributed by atoms with Crippen molar-refractivity contribution in [2.24, 2.45) is 16.8 Å². The Kier molecular flexibility index (Phi) is 16.4. The van der Waals surface area contributed by atoms with Gasteiger partial charge in [-0.15, -0.1) is 6.58 Å². The molecule has 0 aromatic heterocycles. The summed E-state index contributed by atoms with van der Waals surface area (Å²) in [5.41, 5.74) is 11.2. The number of rotatable bonds is 16. The lowest BCUT2D eigenvalue weighted by Gasteiger charge is -2.36. The van der Waals surface area contributed by atoms with Crippen LogP contribution in [0.3, 0.4) is 0 Å². The van der Waals surface area contributed by atoms with E-state index in [0.717, 1.165) is 97.5 Å². The van der Waals surface area contributed by atoms with Crippen LogP contribution in [-0.2, 0) is 6.42 Å². The van der Waals surface area contributed by atoms with E-state index in [1.807, 2.05) is 31.3 Å². The van der Waals surface area contributed by atoms with Gasteiger partial charge >= 0.3 is 0 Å². The molecule has 2 aromatic carbocycles. The third-order valence-corrected chi connectivity index (χ3v) is 11.7. The number of carbonyl (C=O) groups is 1. The van der Waals surface area contributed by atoms with Crippen molar-refractivity contribution in [2.45, 2.75) is 89.5 Å². The molecule has 0 radical (unpaired) electrons. The van der Waals surface area contributed by atoms with Gasteiger partial charge in [0.05, 0.1) is 17.3 Å². The second-order valence-corrected chi connectivity index (χ2v) is 15.8. The topological polar surface area (TPSA) is 87.3 Å². The molecule has 1 aliphatic carbocycles. The smallest absolute Gasteiger partial charge is 0.259 e. The zero-order chi connectivity index (χ0) is 39.9. The lowest BCUT2D eigenvalue weighted by molar-refractivity contribution is 0.0809. The number of allylic oxidation sites excluding steroid dienone is 2. The number of hydrazine groups is 1. The molecular formula is C47H68N8O. The molecule has 9 nitrogen and oxygen atoms in total. The number of anilines is 2. The zero-order valence-corrected chi connectivity index (χ0v) is 34.4. The third kappa shape index (κ3) is 11.5. The number of amidine groups is 1. The number of amides is 1. The first kappa shape index (κ1) is 42.5. The summed E-state index contributed by atoms with van der Waals surface area (Å²) in [7, 11) is 4.02. The zero-order valence-electron chi connectivity index (χ0n) is 34.4. The number of nitrogens with zero attached hydrogens (tertiary/aromatic N) is 4. The summed E-state index contributed by atoms with van der Waals surface area (Å²) < 4.78 is 0. The number of fused-ring (bicyclic) bond motifs is 1. The average molecular weight is 761 g/mol. The average Bonchev–Trinajstić information content (AvgIpc) is 3.47. The molecule has 4 N–H and O–H groups in total. The maximum Gasteiger partial charge on any atom is 0.259 e. The van der Waals surface area contributed by atoms with Gasteiger partial charge in [-0.25, -0.2) is 4.99 Å². The summed E-state index contributed by atoms with van der Waals surface area (Å²) in [4.78, 5) is 22.1. The van der Waals surface area contributed by atoms with E-state index in [1.165, 1.54) is 70.0 Å². The second kappa shape index (κ2) is 21.6. The normalized spacial score (nSPS) is 20.5. The fourth-order valence-corrected chi connectivity index (χ4v) is 8.59. The minimum absolute atomic E-state index is 0.000614. The minimum Gasteiger partial charge on any atom is -0.384 e. The number of benzene rings is 2. The van der Waals surface area contributed by atoms with E-state index < -0.39 is 0 Å². The molecule has 302 valence electrons. The van der Waals surface area contributed by atoms with Crippen LogP contribution in [0, 0.1) is 11.8 Å². The Balaban J connectivity index is 0.000000219. The van der Waals surface area contributed by atoms with Crippen LogP contribution < -0.4 is 26.4 Å². The Hall–Kier alpha value is -4.60. The highest BCUT2D eigenvalue weighted by Gasteiger charge is 2.39. The van der Waals surface area contributed by atoms with Crippen molar-refractivity contribution in [3.8, 4) is 0 Å². The van der Waals surface area contributed by atoms with E-state index in [9.17, 15) is 4.79 Å². The van der Waals surface area contributed by atoms with Crippen molar-refractivity contribution in [1.82, 2.24) is 25.9 Å². The maximum atomic E-state index is 13.0. The Morgan fingerprint density at radius 3 is 2.57 bits per heavy atom. The number of hydrogen-bond donors (Lipinski definition) is 4. The highest BCUT2D eigenvalue weighted by atomic mass is 16.2. The van der Waals surface area contributed by atoms with Gasteiger partial charge in [0.1, 0.15) is 5.84 Å². The van der Waals surface area contributed by atoms with E-state index in [2.05, 4.69) is 100 Å². The molecule has 1 amide bonds. The standard InChI is InChI=1S/C27H42N4.C20H26N4O/c1-4-6-12-24-15-10-17-26(21-24)30(3)29-27(28-5-2)25-16-11-19-31(22-25)20-18-23-13-8-7-9-14-23;1-13-9-10-18(14(2)23-13)24-15(3)19-16(20(24)25)7-5-8-17(19)22-12-6-11-21-4/h4-5,10,15,17,21,23,25H,1-2,6-9,11-14,16,18-20,22H2,3H3,(H,28,29);5,7-8,18,21-23H,1-3,6,9-12H2,4H3. The molecule has 2 unspecified atom stereocenters. The maximum absolute atomic E-state index is 13.0. The van der Waals surface area contributed by atoms with Crippen LogP contribution in [-0.4, -0.2) is 74.4 Å². The van der Waals surface area contributed by atoms with E-state index in [0.29, 0.717) is 11.5 Å². The number of nitrogens with one attached hydrogen (secondary N) is 4. The van der Waals surface area contributed by atoms with Gasteiger partial charge in [-0.3, -0.25) is 20.1 Å². The summed E-state index contributed by atoms with van der Waals surface area (Å²) in [5, 5.41) is 11.9. The number of aryl methyl sites for hydroxylation is 1. The lowest BCUT2D eigenvalue weighted by atomic mass is 9.86. The van der Waals surface area contributed by atoms with Crippen LogP contribution in [0.2, 0.25) is 0 Å². The van der Waals surface area contributed by atoms with Crippen LogP contribution >= 0.6 is 0 Å². The molecule has 6 rings (SSSR count). The molecule has 3 heterocycles. The Morgan fingerprint density at radius 2 is 1.82 bits per heavy atom. The Labute approximate surface area is 337 Å². The van der Waals surface area contributed by atoms with Crippen molar-refractivity contribution in [3.63, 3.8) is 0 Å². The van der Waals surface area contributed by atoms with E-state index in [1.54, 1.807) is 11.1 Å². The van der Waals surface area contributed by atoms with Crippen molar-refractivity contribution in [1.29, 1.82) is 0 Å². The Bertz CT molecular complexity index is 1710. The molecule has 0 bridgehead atoms. The van der Waals surface area contributed by atoms with E-state index >= 15 is 0 Å². The van der Waals surface area contributed by atoms with Gasteiger partial charge in [0, 0.05) is 60.6 Å². The van der Waals surface area contributed by atoms with Crippen LogP contribution in [0.25, 0.3) is 5.70 Å². The van der Waals surface area contributed by atoms with Crippen LogP contribution in [0.1, 0.15) is 98.5 Å². The van der Waals surface area contributed by atoms with Crippen molar-refractivity contribution in [2.75, 3.05) is 57.1 Å². The first-order valence-electron chi connectivity index (χ1n) is 21.0. The van der Waals surface area contributed by atoms with Gasteiger partial charge in [-0.1, -0.05) is 82.7 Å². The summed E-state index contributed by atoms with van der Waals surface area (Å²) in [6.07, 6.45) is 19.3. The van der Waals surface area contributed by atoms with E-state index in [-0.39, 0.29) is 11.9 Å². The molecule has 0 spiro atoms. The number of carbonyl (C=O) groups excluding carboxylic acids is 1. The van der Waals surface area contributed by atoms with Gasteiger partial charge in [0.15, 0.2) is 0 Å². The predicted molar refractivity (Wildman–Crippen MR) is 238 cm³/mol. The van der Waals surface area contributed by atoms with Gasteiger partial charge in [-0.05, 0) is 114 Å². The number of hydrogen-bond acceptors (Lipinski definition) is 7. The first-order valence-corrected chi connectivity index (χ1v) is 21.0. The van der Waals surface area contributed by atoms with Crippen LogP contribution in [0.4, 0.5) is 11.4 Å². The SMILES string of the molecule is C=C1CCC(N2C(=C)c3c(NCCCNC)cccc3C2=O)C(=C)N1.C=CCCc1cccc(N(C)NC(=NC=C)C2CCCN(CCC3CCCCC3)C2)c1. The van der Waals surface area contributed by atoms with Crippen molar-refractivity contribution < 1.29 is 4.79 Å². The number of aliphatic imine (C=N–C) groups is 1. The monoisotopic (exact) mass is 761 g/mol. The molecule has 3 aliphatic heterocycles. The predicted octanol–water partition coefficient (Wildman–Crippen LogP) is 8.88. The highest BCUT2D eigenvalue weighted by Crippen LogP contribution is 2.41. The lowest BCUT2D eigenvalue weighted by Crippen LogP contribution is -2.48. The number of piperidine rings is 2. The molecule has 9 heteroatoms. The van der Waals surface area contributed by atoms with Gasteiger partial charge in [0.2, 0.25) is 0 Å². The molecule has 2 aromatic rings. The van der Waals surface area contributed by atoms with Gasteiger partial charge in [0.25, 0.3) is 5.91 Å². The van der Waals surface area contributed by atoms with Crippen molar-refractivity contribution in [3.05, 3.63) is 116 Å². The molecule has 1 saturated carbocycles. The fraction of sp³-hybridized carbons (Fsp3) is 0.489. The van der Waals surface area contributed by atoms with Gasteiger partial charge < -0.3 is 20.9 Å². The summed E-state index contributed by atoms with van der Waals surface area (Å²) in [6.45, 7) is 25.3. The summed E-state index contributed by atoms with van der Waals surface area (Å²) in [5.74, 6) is 2.42. The molecule has 2 atom stereocenters. The molecule has 3 fully saturated rings. The molecular weight excluding hydrogens is 693 g/mol. The molecule has 4 aliphatic rings. The minimum atomic E-state index is -0.0879. The molecule has 56 heavy (non-hydrogen) atoms. The fourth-order valence-electron chi connectivity index (χ4n) is 8.59.